The van der Waals surface area contributed by atoms with Gasteiger partial charge < -0.3 is 10.2 Å². The Labute approximate surface area is 137 Å². The van der Waals surface area contributed by atoms with Crippen LogP contribution in [0.3, 0.4) is 0 Å². The molecular weight excluding hydrogens is 292 g/mol. The zero-order valence-corrected chi connectivity index (χ0v) is 13.9. The molecule has 3 fully saturated rings. The van der Waals surface area contributed by atoms with Gasteiger partial charge in [-0.15, -0.1) is 0 Å². The first-order valence-electron chi connectivity index (χ1n) is 8.92. The minimum atomic E-state index is -0.615. The van der Waals surface area contributed by atoms with Crippen LogP contribution < -0.4 is 0 Å². The summed E-state index contributed by atoms with van der Waals surface area (Å²) in [6.07, 6.45) is 4.26. The molecular formula is C19H26O4. The van der Waals surface area contributed by atoms with Crippen molar-refractivity contribution in [3.05, 3.63) is 11.6 Å². The highest BCUT2D eigenvalue weighted by Crippen LogP contribution is 2.64. The summed E-state index contributed by atoms with van der Waals surface area (Å²) in [5.74, 6) is 0.838. The Kier molecular flexibility index (Phi) is 3.21. The van der Waals surface area contributed by atoms with E-state index in [0.717, 1.165) is 12.0 Å². The normalized spacial score (nSPS) is 52.5. The summed E-state index contributed by atoms with van der Waals surface area (Å²) in [6, 6.07) is 0. The van der Waals surface area contributed by atoms with E-state index in [-0.39, 0.29) is 34.7 Å². The molecule has 0 saturated heterocycles. The smallest absolute Gasteiger partial charge is 0.155 e. The summed E-state index contributed by atoms with van der Waals surface area (Å²) in [6.45, 7) is 4.12. The van der Waals surface area contributed by atoms with Gasteiger partial charge >= 0.3 is 0 Å². The molecule has 4 nitrogen and oxygen atoms in total. The molecule has 7 atom stereocenters. The Morgan fingerprint density at radius 2 is 1.87 bits per heavy atom. The van der Waals surface area contributed by atoms with Crippen LogP contribution in [0.5, 0.6) is 0 Å². The van der Waals surface area contributed by atoms with Gasteiger partial charge in [-0.25, -0.2) is 0 Å². The van der Waals surface area contributed by atoms with Gasteiger partial charge in [0.1, 0.15) is 5.78 Å². The van der Waals surface area contributed by atoms with Gasteiger partial charge in [0.25, 0.3) is 0 Å². The van der Waals surface area contributed by atoms with Crippen LogP contribution in [0.2, 0.25) is 0 Å². The van der Waals surface area contributed by atoms with Crippen LogP contribution in [-0.2, 0) is 9.59 Å². The van der Waals surface area contributed by atoms with Crippen molar-refractivity contribution in [1.29, 1.82) is 0 Å². The van der Waals surface area contributed by atoms with E-state index in [9.17, 15) is 19.8 Å². The van der Waals surface area contributed by atoms with Gasteiger partial charge in [0.05, 0.1) is 12.2 Å². The lowest BCUT2D eigenvalue weighted by Gasteiger charge is -2.59. The minimum absolute atomic E-state index is 0.0502. The number of rotatable bonds is 0. The quantitative estimate of drug-likeness (QED) is 0.717. The van der Waals surface area contributed by atoms with Gasteiger partial charge in [0.2, 0.25) is 0 Å². The van der Waals surface area contributed by atoms with E-state index in [2.05, 4.69) is 6.92 Å². The third kappa shape index (κ3) is 1.91. The van der Waals surface area contributed by atoms with Gasteiger partial charge in [-0.2, -0.15) is 0 Å². The monoisotopic (exact) mass is 318 g/mol. The molecule has 126 valence electrons. The van der Waals surface area contributed by atoms with E-state index in [1.165, 1.54) is 0 Å². The number of hydrogen-bond donors (Lipinski definition) is 2. The number of carbonyl (C=O) groups excluding carboxylic acids is 2. The van der Waals surface area contributed by atoms with E-state index in [4.69, 9.17) is 0 Å². The van der Waals surface area contributed by atoms with Gasteiger partial charge in [-0.1, -0.05) is 13.8 Å². The second-order valence-corrected chi connectivity index (χ2v) is 8.68. The highest BCUT2D eigenvalue weighted by Gasteiger charge is 2.63. The molecule has 0 spiro atoms. The number of fused-ring (bicyclic) bond motifs is 5. The molecule has 0 amide bonds. The number of carbonyl (C=O) groups is 2. The first-order valence-corrected chi connectivity index (χ1v) is 8.92. The van der Waals surface area contributed by atoms with Crippen LogP contribution in [0.1, 0.15) is 52.4 Å². The van der Waals surface area contributed by atoms with E-state index in [0.29, 0.717) is 32.1 Å². The van der Waals surface area contributed by atoms with Crippen LogP contribution in [0.4, 0.5) is 0 Å². The largest absolute Gasteiger partial charge is 0.393 e. The predicted octanol–water partition coefficient (Wildman–Crippen LogP) is 2.03. The third-order valence-corrected chi connectivity index (χ3v) is 7.62. The summed E-state index contributed by atoms with van der Waals surface area (Å²) in [5.41, 5.74) is 0.0762. The molecule has 0 heterocycles. The van der Waals surface area contributed by atoms with Gasteiger partial charge in [-0.3, -0.25) is 9.59 Å². The molecule has 4 aliphatic carbocycles. The first kappa shape index (κ1) is 15.5. The summed E-state index contributed by atoms with van der Waals surface area (Å²) >= 11 is 0. The molecule has 0 radical (unpaired) electrons. The number of Topliss-reactive ketones (excluding diaryl/α,β-unsaturated/α-hetero) is 1. The zero-order chi connectivity index (χ0) is 16.6. The van der Waals surface area contributed by atoms with Crippen molar-refractivity contribution in [1.82, 2.24) is 0 Å². The van der Waals surface area contributed by atoms with Crippen molar-refractivity contribution >= 4 is 11.6 Å². The average Bonchev–Trinajstić information content (AvgIpc) is 2.76. The fourth-order valence-electron chi connectivity index (χ4n) is 6.51. The molecule has 0 aliphatic heterocycles. The van der Waals surface area contributed by atoms with Crippen LogP contribution in [-0.4, -0.2) is 34.0 Å². The number of hydrogen-bond acceptors (Lipinski definition) is 4. The highest BCUT2D eigenvalue weighted by molar-refractivity contribution is 5.92. The molecule has 2 N–H and O–H groups in total. The molecule has 0 aromatic heterocycles. The molecule has 4 heteroatoms. The summed E-state index contributed by atoms with van der Waals surface area (Å²) < 4.78 is 0. The molecule has 0 bridgehead atoms. The first-order chi connectivity index (χ1) is 10.8. The van der Waals surface area contributed by atoms with Crippen molar-refractivity contribution in [2.75, 3.05) is 0 Å². The van der Waals surface area contributed by atoms with Crippen LogP contribution in [0.25, 0.3) is 0 Å². The van der Waals surface area contributed by atoms with E-state index in [1.807, 2.05) is 6.92 Å². The number of aliphatic hydroxyl groups is 2. The molecule has 4 aliphatic rings. The third-order valence-electron chi connectivity index (χ3n) is 7.62. The second-order valence-electron chi connectivity index (χ2n) is 8.68. The number of aliphatic hydroxyl groups excluding tert-OH is 2. The minimum Gasteiger partial charge on any atom is -0.393 e. The predicted molar refractivity (Wildman–Crippen MR) is 84.5 cm³/mol. The van der Waals surface area contributed by atoms with E-state index in [1.54, 1.807) is 6.08 Å². The molecule has 2 unspecified atom stereocenters. The maximum Gasteiger partial charge on any atom is 0.155 e. The topological polar surface area (TPSA) is 74.6 Å². The highest BCUT2D eigenvalue weighted by atomic mass is 16.3. The average molecular weight is 318 g/mol. The second kappa shape index (κ2) is 4.76. The Balaban J connectivity index is 1.79. The van der Waals surface area contributed by atoms with Crippen molar-refractivity contribution in [2.45, 2.75) is 64.6 Å². The molecule has 4 rings (SSSR count). The van der Waals surface area contributed by atoms with Crippen molar-refractivity contribution < 1.29 is 19.8 Å². The van der Waals surface area contributed by atoms with Crippen LogP contribution in [0.15, 0.2) is 11.6 Å². The Bertz CT molecular complexity index is 608. The van der Waals surface area contributed by atoms with Crippen molar-refractivity contribution in [3.8, 4) is 0 Å². The van der Waals surface area contributed by atoms with E-state index >= 15 is 0 Å². The molecule has 3 saturated carbocycles. The van der Waals surface area contributed by atoms with Crippen LogP contribution >= 0.6 is 0 Å². The van der Waals surface area contributed by atoms with Gasteiger partial charge in [0.15, 0.2) is 5.78 Å². The lowest BCUT2D eigenvalue weighted by atomic mass is 9.46. The SMILES string of the molecule is C[C@]12CCC(=O)C=C1C(O)C[C@@H]1[C@H]2C(O)C[C@]2(C)C(=O)CC[C@@H]12. The maximum atomic E-state index is 12.4. The fraction of sp³-hybridized carbons (Fsp3) is 0.789. The molecule has 23 heavy (non-hydrogen) atoms. The Morgan fingerprint density at radius 1 is 1.13 bits per heavy atom. The van der Waals surface area contributed by atoms with Gasteiger partial charge in [0, 0.05) is 18.3 Å². The standard InChI is InChI=1S/C19H26O4/c1-18-6-5-10(20)7-13(18)14(21)8-11-12-3-4-16(23)19(12,2)9-15(22)17(11)18/h7,11-12,14-15,17,21-22H,3-6,8-9H2,1-2H3/t11-,12-,14?,15?,17-,18-,19-/m0/s1. The lowest BCUT2D eigenvalue weighted by Crippen LogP contribution is -2.59. The molecule has 0 aromatic rings. The Morgan fingerprint density at radius 3 is 2.61 bits per heavy atom. The molecule has 0 aromatic carbocycles. The van der Waals surface area contributed by atoms with Gasteiger partial charge in [-0.05, 0) is 60.5 Å². The van der Waals surface area contributed by atoms with Crippen molar-refractivity contribution in [2.24, 2.45) is 28.6 Å². The summed E-state index contributed by atoms with van der Waals surface area (Å²) in [5, 5.41) is 21.6. The summed E-state index contributed by atoms with van der Waals surface area (Å²) in [7, 11) is 0. The Hall–Kier alpha value is -1.00. The zero-order valence-electron chi connectivity index (χ0n) is 13.9. The van der Waals surface area contributed by atoms with E-state index < -0.39 is 17.6 Å². The fourth-order valence-corrected chi connectivity index (χ4v) is 6.51. The summed E-state index contributed by atoms with van der Waals surface area (Å²) in [4.78, 5) is 24.2. The number of ketones is 2. The van der Waals surface area contributed by atoms with Crippen LogP contribution in [0, 0.1) is 28.6 Å². The maximum absolute atomic E-state index is 12.4. The lowest BCUT2D eigenvalue weighted by molar-refractivity contribution is -0.153. The van der Waals surface area contributed by atoms with Crippen molar-refractivity contribution in [3.63, 3.8) is 0 Å².